The Morgan fingerprint density at radius 1 is 1.37 bits per heavy atom. The first-order chi connectivity index (χ1) is 9.15. The number of aromatic nitrogens is 3. The van der Waals surface area contributed by atoms with E-state index in [0.29, 0.717) is 18.9 Å². The minimum atomic E-state index is -0.0601. The van der Waals surface area contributed by atoms with Gasteiger partial charge in [-0.1, -0.05) is 0 Å². The van der Waals surface area contributed by atoms with Crippen molar-refractivity contribution in [1.29, 1.82) is 0 Å². The molecule has 2 heterocycles. The van der Waals surface area contributed by atoms with Crippen molar-refractivity contribution in [3.05, 3.63) is 42.6 Å². The van der Waals surface area contributed by atoms with Crippen molar-refractivity contribution in [2.75, 3.05) is 19.0 Å². The van der Waals surface area contributed by atoms with Crippen LogP contribution in [0.4, 0.5) is 5.82 Å². The number of hydrogen-bond donors (Lipinski definition) is 1. The number of rotatable bonds is 5. The molecule has 2 aromatic rings. The maximum atomic E-state index is 11.7. The Morgan fingerprint density at radius 3 is 2.79 bits per heavy atom. The second-order valence-corrected chi connectivity index (χ2v) is 4.36. The van der Waals surface area contributed by atoms with Gasteiger partial charge in [-0.25, -0.2) is 9.97 Å². The number of nitrogens with one attached hydrogen (secondary N) is 1. The summed E-state index contributed by atoms with van der Waals surface area (Å²) in [5.41, 5.74) is 0. The lowest BCUT2D eigenvalue weighted by Crippen LogP contribution is -2.27. The summed E-state index contributed by atoms with van der Waals surface area (Å²) in [5.74, 6) is 1.37. The fraction of sp³-hybridized carbons (Fsp3) is 0.308. The third-order valence-corrected chi connectivity index (χ3v) is 2.59. The van der Waals surface area contributed by atoms with Crippen LogP contribution in [0, 0.1) is 0 Å². The van der Waals surface area contributed by atoms with E-state index in [2.05, 4.69) is 15.3 Å². The molecule has 0 aromatic carbocycles. The Bertz CT molecular complexity index is 536. The van der Waals surface area contributed by atoms with Crippen molar-refractivity contribution in [3.8, 4) is 0 Å². The van der Waals surface area contributed by atoms with Crippen molar-refractivity contribution in [3.63, 3.8) is 0 Å². The third kappa shape index (κ3) is 3.80. The summed E-state index contributed by atoms with van der Waals surface area (Å²) in [5, 5.41) is 2.80. The van der Waals surface area contributed by atoms with Gasteiger partial charge in [-0.05, 0) is 18.2 Å². The van der Waals surface area contributed by atoms with Crippen molar-refractivity contribution >= 4 is 11.7 Å². The number of hydrogen-bond acceptors (Lipinski definition) is 4. The second kappa shape index (κ2) is 5.99. The van der Waals surface area contributed by atoms with Crippen LogP contribution in [-0.2, 0) is 17.9 Å². The Kier molecular flexibility index (Phi) is 4.12. The van der Waals surface area contributed by atoms with Crippen LogP contribution in [0.5, 0.6) is 0 Å². The molecule has 0 bridgehead atoms. The molecule has 0 atom stereocenters. The van der Waals surface area contributed by atoms with Crippen LogP contribution in [0.15, 0.2) is 36.8 Å². The lowest BCUT2D eigenvalue weighted by Gasteiger charge is -2.12. The highest BCUT2D eigenvalue weighted by molar-refractivity contribution is 5.75. The molecular formula is C13H17N5O. The van der Waals surface area contributed by atoms with Gasteiger partial charge in [-0.3, -0.25) is 4.79 Å². The number of amides is 1. The molecule has 0 spiro atoms. The maximum Gasteiger partial charge on any atom is 0.240 e. The highest BCUT2D eigenvalue weighted by atomic mass is 16.1. The summed E-state index contributed by atoms with van der Waals surface area (Å²) in [4.78, 5) is 22.1. The van der Waals surface area contributed by atoms with Crippen molar-refractivity contribution in [2.45, 2.75) is 13.1 Å². The van der Waals surface area contributed by atoms with E-state index in [0.717, 1.165) is 5.82 Å². The molecule has 6 heteroatoms. The molecule has 0 saturated heterocycles. The van der Waals surface area contributed by atoms with E-state index in [4.69, 9.17) is 0 Å². The van der Waals surface area contributed by atoms with Crippen LogP contribution in [0.2, 0.25) is 0 Å². The van der Waals surface area contributed by atoms with Gasteiger partial charge in [0.1, 0.15) is 18.2 Å². The Hall–Kier alpha value is -2.37. The lowest BCUT2D eigenvalue weighted by atomic mass is 10.4. The average molecular weight is 259 g/mol. The Balaban J connectivity index is 1.88. The Morgan fingerprint density at radius 2 is 2.11 bits per heavy atom. The van der Waals surface area contributed by atoms with E-state index >= 15 is 0 Å². The molecule has 1 N–H and O–H groups in total. The largest absolute Gasteiger partial charge is 0.363 e. The molecule has 1 amide bonds. The number of anilines is 1. The summed E-state index contributed by atoms with van der Waals surface area (Å²) in [6, 6.07) is 5.60. The van der Waals surface area contributed by atoms with Crippen LogP contribution >= 0.6 is 0 Å². The van der Waals surface area contributed by atoms with E-state index in [9.17, 15) is 4.79 Å². The molecule has 19 heavy (non-hydrogen) atoms. The molecule has 2 aromatic heterocycles. The molecule has 0 aliphatic rings. The van der Waals surface area contributed by atoms with Crippen LogP contribution in [0.3, 0.4) is 0 Å². The maximum absolute atomic E-state index is 11.7. The summed E-state index contributed by atoms with van der Waals surface area (Å²) >= 11 is 0. The predicted octanol–water partition coefficient (Wildman–Crippen LogP) is 0.660. The van der Waals surface area contributed by atoms with Crippen LogP contribution in [-0.4, -0.2) is 34.5 Å². The Labute approximate surface area is 112 Å². The van der Waals surface area contributed by atoms with Crippen molar-refractivity contribution in [1.82, 2.24) is 19.9 Å². The predicted molar refractivity (Wildman–Crippen MR) is 72.6 cm³/mol. The number of nitrogens with zero attached hydrogens (tertiary/aromatic N) is 4. The summed E-state index contributed by atoms with van der Waals surface area (Å²) < 4.78 is 1.81. The fourth-order valence-electron chi connectivity index (χ4n) is 1.60. The molecule has 0 aliphatic carbocycles. The highest BCUT2D eigenvalue weighted by Gasteiger charge is 2.04. The van der Waals surface area contributed by atoms with Gasteiger partial charge in [-0.15, -0.1) is 0 Å². The zero-order valence-electron chi connectivity index (χ0n) is 11.1. The molecule has 0 aliphatic heterocycles. The molecular weight excluding hydrogens is 242 g/mol. The van der Waals surface area contributed by atoms with E-state index in [1.807, 2.05) is 54.2 Å². The van der Waals surface area contributed by atoms with Gasteiger partial charge in [0.2, 0.25) is 5.91 Å². The highest BCUT2D eigenvalue weighted by Crippen LogP contribution is 2.04. The van der Waals surface area contributed by atoms with Gasteiger partial charge < -0.3 is 14.8 Å². The standard InChI is InChI=1S/C13H17N5O/c1-17(2)12-5-6-14-11(16-12)9-15-13(19)10-18-7-3-4-8-18/h3-8H,9-10H2,1-2H3,(H,15,19). The van der Waals surface area contributed by atoms with Gasteiger partial charge in [0.15, 0.2) is 0 Å². The van der Waals surface area contributed by atoms with E-state index in [-0.39, 0.29) is 5.91 Å². The average Bonchev–Trinajstić information content (AvgIpc) is 2.89. The zero-order chi connectivity index (χ0) is 13.7. The van der Waals surface area contributed by atoms with E-state index in [1.165, 1.54) is 0 Å². The van der Waals surface area contributed by atoms with Gasteiger partial charge in [-0.2, -0.15) is 0 Å². The summed E-state index contributed by atoms with van der Waals surface area (Å²) in [7, 11) is 3.83. The van der Waals surface area contributed by atoms with Gasteiger partial charge in [0, 0.05) is 32.7 Å². The molecule has 6 nitrogen and oxygen atoms in total. The van der Waals surface area contributed by atoms with Crippen LogP contribution in [0.25, 0.3) is 0 Å². The fourth-order valence-corrected chi connectivity index (χ4v) is 1.60. The minimum Gasteiger partial charge on any atom is -0.363 e. The van der Waals surface area contributed by atoms with E-state index < -0.39 is 0 Å². The molecule has 100 valence electrons. The van der Waals surface area contributed by atoms with Crippen LogP contribution in [0.1, 0.15) is 5.82 Å². The normalized spacial score (nSPS) is 10.2. The quantitative estimate of drug-likeness (QED) is 0.857. The van der Waals surface area contributed by atoms with Crippen LogP contribution < -0.4 is 10.2 Å². The lowest BCUT2D eigenvalue weighted by molar-refractivity contribution is -0.121. The van der Waals surface area contributed by atoms with E-state index in [1.54, 1.807) is 6.20 Å². The third-order valence-electron chi connectivity index (χ3n) is 2.59. The molecule has 0 unspecified atom stereocenters. The first-order valence-electron chi connectivity index (χ1n) is 6.02. The SMILES string of the molecule is CN(C)c1ccnc(CNC(=O)Cn2cccc2)n1. The molecule has 0 saturated carbocycles. The van der Waals surface area contributed by atoms with Crippen molar-refractivity contribution < 1.29 is 4.79 Å². The first kappa shape index (κ1) is 13.1. The molecule has 0 radical (unpaired) electrons. The smallest absolute Gasteiger partial charge is 0.240 e. The van der Waals surface area contributed by atoms with Gasteiger partial charge in [0.05, 0.1) is 6.54 Å². The van der Waals surface area contributed by atoms with Gasteiger partial charge in [0.25, 0.3) is 0 Å². The zero-order valence-corrected chi connectivity index (χ0v) is 11.1. The second-order valence-electron chi connectivity index (χ2n) is 4.36. The first-order valence-corrected chi connectivity index (χ1v) is 6.02. The summed E-state index contributed by atoms with van der Waals surface area (Å²) in [6.07, 6.45) is 5.39. The minimum absolute atomic E-state index is 0.0601. The van der Waals surface area contributed by atoms with Crippen molar-refractivity contribution in [2.24, 2.45) is 0 Å². The molecule has 0 fully saturated rings. The van der Waals surface area contributed by atoms with Gasteiger partial charge >= 0.3 is 0 Å². The number of carbonyl (C=O) groups excluding carboxylic acids is 1. The summed E-state index contributed by atoms with van der Waals surface area (Å²) in [6.45, 7) is 0.641. The monoisotopic (exact) mass is 259 g/mol. The topological polar surface area (TPSA) is 63.1 Å². The molecule has 2 rings (SSSR count). The number of carbonyl (C=O) groups is 1.